The third kappa shape index (κ3) is 4.62. The van der Waals surface area contributed by atoms with Gasteiger partial charge in [-0.05, 0) is 6.04 Å². The van der Waals surface area contributed by atoms with Crippen molar-refractivity contribution < 1.29 is 17.9 Å². The van der Waals surface area contributed by atoms with Crippen LogP contribution in [0.2, 0.25) is 30.8 Å². The highest BCUT2D eigenvalue weighted by atomic mass is 35.5. The van der Waals surface area contributed by atoms with Gasteiger partial charge in [0.1, 0.15) is 12.4 Å². The van der Waals surface area contributed by atoms with E-state index >= 15 is 0 Å². The highest BCUT2D eigenvalue weighted by Crippen LogP contribution is 2.21. The largest absolute Gasteiger partial charge is 0.361 e. The molecule has 126 valence electrons. The average molecular weight is 368 g/mol. The first kappa shape index (κ1) is 19.3. The Kier molecular flexibility index (Phi) is 6.33. The molecule has 1 aromatic rings. The smallest absolute Gasteiger partial charge is 0.276 e. The Hall–Kier alpha value is -0.743. The standard InChI is InChI=1S/C12H22ClN3O4SSi/c1-15(2)21(18,19)12-14-11(13)10(8-17)16(12)9-20-6-7-22(3,4)5/h8H,6-7,9H2,1-5H3. The molecule has 1 rings (SSSR count). The van der Waals surface area contributed by atoms with Crippen molar-refractivity contribution >= 4 is 36.0 Å². The molecule has 0 aliphatic heterocycles. The number of aldehydes is 1. The monoisotopic (exact) mass is 367 g/mol. The molecule has 10 heteroatoms. The molecule has 0 bridgehead atoms. The van der Waals surface area contributed by atoms with Crippen molar-refractivity contribution in [2.75, 3.05) is 20.7 Å². The number of sulfonamides is 1. The van der Waals surface area contributed by atoms with Crippen LogP contribution in [0.3, 0.4) is 0 Å². The molecule has 0 aromatic carbocycles. The zero-order valence-electron chi connectivity index (χ0n) is 13.5. The van der Waals surface area contributed by atoms with Gasteiger partial charge in [-0.1, -0.05) is 31.2 Å². The van der Waals surface area contributed by atoms with Gasteiger partial charge in [-0.2, -0.15) is 0 Å². The van der Waals surface area contributed by atoms with Crippen LogP contribution in [0.15, 0.2) is 5.16 Å². The summed E-state index contributed by atoms with van der Waals surface area (Å²) in [4.78, 5) is 14.9. The van der Waals surface area contributed by atoms with Crippen molar-refractivity contribution in [3.05, 3.63) is 10.8 Å². The van der Waals surface area contributed by atoms with E-state index in [1.165, 1.54) is 18.7 Å². The zero-order valence-corrected chi connectivity index (χ0v) is 16.0. The van der Waals surface area contributed by atoms with E-state index in [9.17, 15) is 13.2 Å². The van der Waals surface area contributed by atoms with Gasteiger partial charge in [-0.3, -0.25) is 9.36 Å². The van der Waals surface area contributed by atoms with E-state index in [-0.39, 0.29) is 22.7 Å². The molecular weight excluding hydrogens is 346 g/mol. The molecule has 0 fully saturated rings. The van der Waals surface area contributed by atoms with Crippen LogP contribution in [0.5, 0.6) is 0 Å². The number of aromatic nitrogens is 2. The van der Waals surface area contributed by atoms with Crippen molar-refractivity contribution in [1.82, 2.24) is 13.9 Å². The van der Waals surface area contributed by atoms with Gasteiger partial charge in [0.05, 0.1) is 0 Å². The molecule has 0 saturated heterocycles. The lowest BCUT2D eigenvalue weighted by Crippen LogP contribution is -2.27. The normalized spacial score (nSPS) is 12.9. The van der Waals surface area contributed by atoms with Crippen molar-refractivity contribution in [3.8, 4) is 0 Å². The maximum atomic E-state index is 12.2. The van der Waals surface area contributed by atoms with Gasteiger partial charge in [-0.15, -0.1) is 0 Å². The highest BCUT2D eigenvalue weighted by molar-refractivity contribution is 7.88. The topological polar surface area (TPSA) is 81.5 Å². The van der Waals surface area contributed by atoms with Crippen molar-refractivity contribution in [3.63, 3.8) is 0 Å². The summed E-state index contributed by atoms with van der Waals surface area (Å²) in [5, 5.41) is -0.443. The number of imidazole rings is 1. The SMILES string of the molecule is CN(C)S(=O)(=O)c1nc(Cl)c(C=O)n1COCC[Si](C)(C)C. The predicted molar refractivity (Wildman–Crippen MR) is 87.6 cm³/mol. The lowest BCUT2D eigenvalue weighted by atomic mass is 10.5. The van der Waals surface area contributed by atoms with E-state index in [0.29, 0.717) is 12.9 Å². The van der Waals surface area contributed by atoms with Gasteiger partial charge in [0.15, 0.2) is 11.4 Å². The van der Waals surface area contributed by atoms with Gasteiger partial charge >= 0.3 is 0 Å². The van der Waals surface area contributed by atoms with Gasteiger partial charge in [0.25, 0.3) is 10.0 Å². The number of hydrogen-bond donors (Lipinski definition) is 0. The Morgan fingerprint density at radius 3 is 2.41 bits per heavy atom. The van der Waals surface area contributed by atoms with Crippen LogP contribution in [0.4, 0.5) is 0 Å². The molecule has 1 heterocycles. The van der Waals surface area contributed by atoms with Crippen LogP contribution in [0, 0.1) is 0 Å². The summed E-state index contributed by atoms with van der Waals surface area (Å²) in [6.45, 7) is 7.04. The van der Waals surface area contributed by atoms with E-state index in [1.54, 1.807) is 0 Å². The molecular formula is C12H22ClN3O4SSi. The van der Waals surface area contributed by atoms with Crippen molar-refractivity contribution in [2.45, 2.75) is 37.6 Å². The number of carbonyl (C=O) groups excluding carboxylic acids is 1. The lowest BCUT2D eigenvalue weighted by Gasteiger charge is -2.17. The van der Waals surface area contributed by atoms with Crippen LogP contribution in [0.1, 0.15) is 10.5 Å². The number of rotatable bonds is 8. The Labute approximate surface area is 137 Å². The molecule has 0 spiro atoms. The molecule has 7 nitrogen and oxygen atoms in total. The van der Waals surface area contributed by atoms with Crippen LogP contribution in [-0.2, 0) is 21.5 Å². The van der Waals surface area contributed by atoms with Gasteiger partial charge in [0.2, 0.25) is 5.16 Å². The van der Waals surface area contributed by atoms with E-state index in [4.69, 9.17) is 16.3 Å². The summed E-state index contributed by atoms with van der Waals surface area (Å²) < 4.78 is 32.2. The summed E-state index contributed by atoms with van der Waals surface area (Å²) in [5.41, 5.74) is -0.00454. The van der Waals surface area contributed by atoms with Crippen LogP contribution < -0.4 is 0 Å². The van der Waals surface area contributed by atoms with Gasteiger partial charge in [-0.25, -0.2) is 17.7 Å². The summed E-state index contributed by atoms with van der Waals surface area (Å²) >= 11 is 5.85. The van der Waals surface area contributed by atoms with Crippen LogP contribution in [-0.4, -0.2) is 57.3 Å². The summed E-state index contributed by atoms with van der Waals surface area (Å²) in [6, 6.07) is 0.932. The maximum absolute atomic E-state index is 12.2. The van der Waals surface area contributed by atoms with E-state index in [0.717, 1.165) is 10.3 Å². The number of halogens is 1. The molecule has 0 radical (unpaired) electrons. The van der Waals surface area contributed by atoms with Crippen molar-refractivity contribution in [2.24, 2.45) is 0 Å². The predicted octanol–water partition coefficient (Wildman–Crippen LogP) is 1.91. The van der Waals surface area contributed by atoms with Crippen molar-refractivity contribution in [1.29, 1.82) is 0 Å². The summed E-state index contributed by atoms with van der Waals surface area (Å²) in [7, 11) is -2.30. The van der Waals surface area contributed by atoms with Gasteiger partial charge in [0, 0.05) is 28.8 Å². The summed E-state index contributed by atoms with van der Waals surface area (Å²) in [5.74, 6) is 0. The van der Waals surface area contributed by atoms with Gasteiger partial charge < -0.3 is 4.74 Å². The molecule has 0 N–H and O–H groups in total. The average Bonchev–Trinajstić information content (AvgIpc) is 2.70. The molecule has 0 unspecified atom stereocenters. The number of carbonyl (C=O) groups is 1. The van der Waals surface area contributed by atoms with Crippen LogP contribution >= 0.6 is 11.6 Å². The highest BCUT2D eigenvalue weighted by Gasteiger charge is 2.28. The third-order valence-corrected chi connectivity index (χ3v) is 6.68. The number of hydrogen-bond acceptors (Lipinski definition) is 5. The minimum Gasteiger partial charge on any atom is -0.361 e. The molecule has 0 saturated carbocycles. The number of nitrogens with zero attached hydrogens (tertiary/aromatic N) is 3. The molecule has 1 aromatic heterocycles. The first-order valence-corrected chi connectivity index (χ1v) is 12.2. The molecule has 0 atom stereocenters. The minimum atomic E-state index is -3.81. The molecule has 22 heavy (non-hydrogen) atoms. The lowest BCUT2D eigenvalue weighted by molar-refractivity contribution is 0.0774. The Balaban J connectivity index is 3.04. The fourth-order valence-corrected chi connectivity index (χ4v) is 3.54. The minimum absolute atomic E-state index is 0.00454. The fourth-order valence-electron chi connectivity index (χ4n) is 1.55. The number of ether oxygens (including phenoxy) is 1. The maximum Gasteiger partial charge on any atom is 0.276 e. The zero-order chi connectivity index (χ0) is 17.1. The van der Waals surface area contributed by atoms with E-state index in [1.807, 2.05) is 0 Å². The fraction of sp³-hybridized carbons (Fsp3) is 0.667. The Bertz CT molecular complexity index is 638. The van der Waals surface area contributed by atoms with Crippen LogP contribution in [0.25, 0.3) is 0 Å². The first-order valence-electron chi connectivity index (χ1n) is 6.72. The molecule has 0 amide bonds. The quantitative estimate of drug-likeness (QED) is 0.398. The summed E-state index contributed by atoms with van der Waals surface area (Å²) in [6.07, 6.45) is 0.478. The second-order valence-electron chi connectivity index (χ2n) is 6.25. The second-order valence-corrected chi connectivity index (χ2v) is 14.3. The first-order chi connectivity index (χ1) is 10.0. The Morgan fingerprint density at radius 2 is 1.95 bits per heavy atom. The molecule has 0 aliphatic carbocycles. The van der Waals surface area contributed by atoms with E-state index in [2.05, 4.69) is 24.6 Å². The van der Waals surface area contributed by atoms with E-state index < -0.39 is 18.1 Å². The third-order valence-electron chi connectivity index (χ3n) is 2.97. The molecule has 0 aliphatic rings. The Morgan fingerprint density at radius 1 is 1.36 bits per heavy atom. The second kappa shape index (κ2) is 7.22.